The summed E-state index contributed by atoms with van der Waals surface area (Å²) in [6, 6.07) is 8.50. The second-order valence-electron chi connectivity index (χ2n) is 9.76. The van der Waals surface area contributed by atoms with Gasteiger partial charge in [0, 0.05) is 36.0 Å². The van der Waals surface area contributed by atoms with Crippen LogP contribution < -0.4 is 10.2 Å². The summed E-state index contributed by atoms with van der Waals surface area (Å²) in [6.07, 6.45) is 5.86. The molecule has 2 N–H and O–H groups in total. The Bertz CT molecular complexity index is 1040. The molecule has 1 aliphatic rings. The number of aromatic nitrogens is 3. The van der Waals surface area contributed by atoms with Gasteiger partial charge in [0.25, 0.3) is 0 Å². The van der Waals surface area contributed by atoms with Gasteiger partial charge in [-0.3, -0.25) is 0 Å². The van der Waals surface area contributed by atoms with Gasteiger partial charge >= 0.3 is 0 Å². The molecule has 166 valence electrons. The van der Waals surface area contributed by atoms with Crippen LogP contribution in [0.25, 0.3) is 22.4 Å². The van der Waals surface area contributed by atoms with E-state index in [4.69, 9.17) is 15.2 Å². The summed E-state index contributed by atoms with van der Waals surface area (Å²) in [5.74, 6) is 0. The van der Waals surface area contributed by atoms with Crippen LogP contribution in [0.1, 0.15) is 39.7 Å². The van der Waals surface area contributed by atoms with Crippen LogP contribution in [0.4, 0.5) is 5.69 Å². The highest BCUT2D eigenvalue weighted by molar-refractivity contribution is 5.78. The van der Waals surface area contributed by atoms with Gasteiger partial charge < -0.3 is 15.0 Å². The van der Waals surface area contributed by atoms with Crippen LogP contribution in [-0.2, 0) is 6.42 Å². The van der Waals surface area contributed by atoms with Crippen LogP contribution in [0.3, 0.4) is 0 Å². The fraction of sp³-hybridized carbons (Fsp3) is 0.478. The monoisotopic (exact) mass is 426 g/mol. The zero-order valence-electron chi connectivity index (χ0n) is 18.5. The van der Waals surface area contributed by atoms with Crippen molar-refractivity contribution >= 4 is 16.9 Å². The van der Waals surface area contributed by atoms with E-state index in [-0.39, 0.29) is 17.4 Å². The number of aromatic amines is 1. The van der Waals surface area contributed by atoms with Crippen molar-refractivity contribution in [1.82, 2.24) is 15.0 Å². The number of rotatable bonds is 4. The number of nitrogens with zero attached hydrogens (tertiary/aromatic N) is 3. The molecule has 8 nitrogen and oxygen atoms in total. The lowest BCUT2D eigenvalue weighted by Gasteiger charge is -2.23. The Morgan fingerprint density at radius 1 is 1.35 bits per heavy atom. The third-order valence-electron chi connectivity index (χ3n) is 5.63. The molecule has 8 heteroatoms. The summed E-state index contributed by atoms with van der Waals surface area (Å²) in [7, 11) is 0. The first-order valence-electron chi connectivity index (χ1n) is 10.4. The molecule has 2 aromatic heterocycles. The van der Waals surface area contributed by atoms with Crippen molar-refractivity contribution in [3.63, 3.8) is 0 Å². The molecule has 3 aromatic rings. The minimum atomic E-state index is -0.0122. The summed E-state index contributed by atoms with van der Waals surface area (Å²) in [5, 5.41) is 17.5. The zero-order valence-corrected chi connectivity index (χ0v) is 18.5. The number of H-pyrrole nitrogens is 1. The topological polar surface area (TPSA) is 116 Å². The van der Waals surface area contributed by atoms with E-state index in [1.54, 1.807) is 4.75 Å². The van der Waals surface area contributed by atoms with E-state index in [9.17, 15) is 5.11 Å². The predicted octanol–water partition coefficient (Wildman–Crippen LogP) is 3.30. The molecule has 4 rings (SSSR count). The molecule has 1 aliphatic heterocycles. The van der Waals surface area contributed by atoms with E-state index < -0.39 is 0 Å². The Kier molecular flexibility index (Phi) is 6.59. The summed E-state index contributed by atoms with van der Waals surface area (Å²) < 4.78 is 1.75. The van der Waals surface area contributed by atoms with Crippen molar-refractivity contribution in [2.24, 2.45) is 10.8 Å². The maximum Gasteiger partial charge on any atom is 0.156 e. The number of fused-ring (bicyclic) bond motifs is 1. The summed E-state index contributed by atoms with van der Waals surface area (Å²) in [6.45, 7) is 11.0. The van der Waals surface area contributed by atoms with E-state index in [0.29, 0.717) is 0 Å². The molecule has 31 heavy (non-hydrogen) atoms. The third kappa shape index (κ3) is 5.38. The smallest absolute Gasteiger partial charge is 0.156 e. The summed E-state index contributed by atoms with van der Waals surface area (Å²) in [4.78, 5) is 23.0. The van der Waals surface area contributed by atoms with Crippen molar-refractivity contribution in [3.05, 3.63) is 51.9 Å². The van der Waals surface area contributed by atoms with Crippen LogP contribution in [0, 0.1) is 20.5 Å². The molecule has 0 bridgehead atoms. The molecule has 0 spiro atoms. The lowest BCUT2D eigenvalue weighted by Crippen LogP contribution is -2.27. The van der Waals surface area contributed by atoms with Gasteiger partial charge in [-0.05, 0) is 36.0 Å². The van der Waals surface area contributed by atoms with Gasteiger partial charge in [-0.15, -0.1) is 0 Å². The number of aliphatic hydroxyl groups is 1. The average molecular weight is 427 g/mol. The Labute approximate surface area is 181 Å². The number of anilines is 1. The molecular weight excluding hydrogens is 396 g/mol. The summed E-state index contributed by atoms with van der Waals surface area (Å²) >= 11 is 0. The maximum absolute atomic E-state index is 9.66. The Morgan fingerprint density at radius 2 is 2.10 bits per heavy atom. The van der Waals surface area contributed by atoms with Crippen LogP contribution in [0.2, 0.25) is 0 Å². The minimum Gasteiger partial charge on any atom is -0.396 e. The molecular formula is C23H30N4O4. The van der Waals surface area contributed by atoms with Crippen LogP contribution in [-0.4, -0.2) is 39.8 Å². The third-order valence-corrected chi connectivity index (χ3v) is 5.63. The normalized spacial score (nSPS) is 18.7. The second kappa shape index (κ2) is 9.01. The van der Waals surface area contributed by atoms with Crippen molar-refractivity contribution in [1.29, 1.82) is 0 Å². The molecule has 1 aromatic carbocycles. The van der Waals surface area contributed by atoms with Crippen LogP contribution >= 0.6 is 0 Å². The Morgan fingerprint density at radius 3 is 2.74 bits per heavy atom. The molecule has 1 fully saturated rings. The van der Waals surface area contributed by atoms with Crippen molar-refractivity contribution < 1.29 is 10.4 Å². The number of aliphatic hydroxyl groups excluding tert-OH is 1. The predicted molar refractivity (Wildman–Crippen MR) is 121 cm³/mol. The molecule has 0 amide bonds. The lowest BCUT2D eigenvalue weighted by molar-refractivity contribution is -0.284. The van der Waals surface area contributed by atoms with Crippen LogP contribution in [0.5, 0.6) is 0 Å². The first-order chi connectivity index (χ1) is 14.7. The SMILES string of the molecule is CC(C)(C)Cc1c[nH]c2ncc(-c3cccc(N4CCC(C)(CO)C4)c3)nc12.O=[O+][O-]. The summed E-state index contributed by atoms with van der Waals surface area (Å²) in [5.41, 5.74) is 6.36. The van der Waals surface area contributed by atoms with E-state index in [1.165, 1.54) is 11.3 Å². The van der Waals surface area contributed by atoms with E-state index in [2.05, 4.69) is 66.8 Å². The molecule has 1 atom stereocenters. The fourth-order valence-corrected chi connectivity index (χ4v) is 4.02. The maximum atomic E-state index is 9.66. The standard InChI is InChI=1S/C23H30N4O.O3/c1-22(2,3)11-17-12-24-21-20(17)26-19(13-25-21)16-6-5-7-18(10-16)27-9-8-23(4,14-27)15-28;1-3-2/h5-7,10,12-13,28H,8-9,11,14-15H2,1-4H3,(H,24,25);. The van der Waals surface area contributed by atoms with E-state index in [0.717, 1.165) is 48.4 Å². The van der Waals surface area contributed by atoms with Gasteiger partial charge in [-0.1, -0.05) is 50.0 Å². The number of benzene rings is 1. The number of nitrogens with one attached hydrogen (secondary N) is 1. The highest BCUT2D eigenvalue weighted by atomic mass is 17.2. The highest BCUT2D eigenvalue weighted by Gasteiger charge is 2.33. The minimum absolute atomic E-state index is 0.0122. The molecule has 0 radical (unpaired) electrons. The van der Waals surface area contributed by atoms with Crippen molar-refractivity contribution in [2.75, 3.05) is 24.6 Å². The molecule has 0 aliphatic carbocycles. The first kappa shape index (κ1) is 22.7. The van der Waals surface area contributed by atoms with Gasteiger partial charge in [0.05, 0.1) is 18.5 Å². The van der Waals surface area contributed by atoms with Gasteiger partial charge in [0.1, 0.15) is 5.52 Å². The fourth-order valence-electron chi connectivity index (χ4n) is 4.02. The largest absolute Gasteiger partial charge is 0.396 e. The first-order valence-corrected chi connectivity index (χ1v) is 10.4. The number of hydrogen-bond acceptors (Lipinski definition) is 6. The zero-order chi connectivity index (χ0) is 22.6. The van der Waals surface area contributed by atoms with Gasteiger partial charge in [-0.25, -0.2) is 9.97 Å². The molecule has 3 heterocycles. The van der Waals surface area contributed by atoms with Gasteiger partial charge in [0.2, 0.25) is 0 Å². The highest BCUT2D eigenvalue weighted by Crippen LogP contribution is 2.34. The molecule has 0 saturated carbocycles. The van der Waals surface area contributed by atoms with E-state index in [1.807, 2.05) is 12.4 Å². The molecule has 1 saturated heterocycles. The van der Waals surface area contributed by atoms with Crippen LogP contribution in [0.15, 0.2) is 36.7 Å². The van der Waals surface area contributed by atoms with Crippen molar-refractivity contribution in [3.8, 4) is 11.3 Å². The lowest BCUT2D eigenvalue weighted by atomic mass is 9.89. The van der Waals surface area contributed by atoms with Gasteiger partial charge in [0.15, 0.2) is 10.4 Å². The van der Waals surface area contributed by atoms with Gasteiger partial charge in [-0.2, -0.15) is 0 Å². The Balaban J connectivity index is 0.000000858. The van der Waals surface area contributed by atoms with E-state index >= 15 is 0 Å². The number of hydrogen-bond donors (Lipinski definition) is 2. The quantitative estimate of drug-likeness (QED) is 0.376. The molecule has 1 unspecified atom stereocenters. The average Bonchev–Trinajstić information content (AvgIpc) is 3.32. The van der Waals surface area contributed by atoms with Crippen molar-refractivity contribution in [2.45, 2.75) is 40.5 Å². The Hall–Kier alpha value is -3.00. The second-order valence-corrected chi connectivity index (χ2v) is 9.76.